The number of aliphatic hydroxyl groups excluding tert-OH is 6. The Bertz CT molecular complexity index is 421. The molecule has 3 aliphatic heterocycles. The normalized spacial score (nSPS) is 54.8. The largest absolute Gasteiger partial charge is 0.394 e. The van der Waals surface area contributed by atoms with E-state index in [1.807, 2.05) is 0 Å². The van der Waals surface area contributed by atoms with Crippen LogP contribution in [-0.4, -0.2) is 105 Å². The summed E-state index contributed by atoms with van der Waals surface area (Å²) in [5.41, 5.74) is 0. The molecule has 3 saturated heterocycles. The summed E-state index contributed by atoms with van der Waals surface area (Å²) in [6.07, 6.45) is -7.62. The van der Waals surface area contributed by atoms with Crippen LogP contribution in [-0.2, 0) is 18.9 Å². The monoisotopic (exact) mass is 324 g/mol. The predicted octanol–water partition coefficient (Wildman–Crippen LogP) is -4.35. The van der Waals surface area contributed by atoms with Gasteiger partial charge in [-0.05, 0) is 0 Å². The molecule has 0 amide bonds. The van der Waals surface area contributed by atoms with E-state index >= 15 is 0 Å². The van der Waals surface area contributed by atoms with Crippen molar-refractivity contribution in [1.29, 1.82) is 0 Å². The molecule has 3 fully saturated rings. The number of aliphatic hydroxyl groups is 6. The minimum absolute atomic E-state index is 0.399. The second-order valence-electron chi connectivity index (χ2n) is 5.71. The van der Waals surface area contributed by atoms with Crippen LogP contribution in [0, 0.1) is 0 Å². The fourth-order valence-electron chi connectivity index (χ4n) is 3.13. The van der Waals surface area contributed by atoms with Gasteiger partial charge in [0.05, 0.1) is 13.2 Å². The minimum Gasteiger partial charge on any atom is -0.394 e. The standard InChI is InChI=1S/C12H20O10/c13-1-5-7(16)9(18)12(21-5)4-19-11(3-15)10(22-12)8(17)6(2-14)20-11/h5-10,13-18H,1-4H2/t5-,6-,7-,8-,9+,10+,11+,12+/m1/s1. The summed E-state index contributed by atoms with van der Waals surface area (Å²) in [7, 11) is 0. The van der Waals surface area contributed by atoms with E-state index in [0.717, 1.165) is 0 Å². The number of ether oxygens (including phenoxy) is 4. The Balaban J connectivity index is 1.86. The minimum atomic E-state index is -1.80. The lowest BCUT2D eigenvalue weighted by Gasteiger charge is -2.46. The van der Waals surface area contributed by atoms with Crippen LogP contribution in [0.5, 0.6) is 0 Å². The van der Waals surface area contributed by atoms with Crippen LogP contribution >= 0.6 is 0 Å². The van der Waals surface area contributed by atoms with Crippen molar-refractivity contribution in [2.45, 2.75) is 48.2 Å². The smallest absolute Gasteiger partial charge is 0.222 e. The molecule has 1 spiro atoms. The fraction of sp³-hybridized carbons (Fsp3) is 1.00. The Morgan fingerprint density at radius 2 is 1.50 bits per heavy atom. The van der Waals surface area contributed by atoms with Crippen LogP contribution in [0.15, 0.2) is 0 Å². The molecule has 3 rings (SSSR count). The number of fused-ring (bicyclic) bond motifs is 1. The molecular weight excluding hydrogens is 304 g/mol. The van der Waals surface area contributed by atoms with Gasteiger partial charge in [0.2, 0.25) is 11.6 Å². The van der Waals surface area contributed by atoms with Gasteiger partial charge in [-0.25, -0.2) is 0 Å². The Hall–Kier alpha value is -0.400. The van der Waals surface area contributed by atoms with Gasteiger partial charge in [0.25, 0.3) is 0 Å². The van der Waals surface area contributed by atoms with Crippen molar-refractivity contribution in [2.75, 3.05) is 26.4 Å². The molecule has 22 heavy (non-hydrogen) atoms. The molecule has 0 saturated carbocycles. The third-order valence-corrected chi connectivity index (χ3v) is 4.41. The summed E-state index contributed by atoms with van der Waals surface area (Å²) in [6.45, 7) is -2.12. The van der Waals surface area contributed by atoms with Crippen LogP contribution in [0.1, 0.15) is 0 Å². The average molecular weight is 324 g/mol. The topological polar surface area (TPSA) is 158 Å². The first-order chi connectivity index (χ1) is 10.4. The Morgan fingerprint density at radius 1 is 0.864 bits per heavy atom. The highest BCUT2D eigenvalue weighted by atomic mass is 16.8. The molecule has 8 atom stereocenters. The van der Waals surface area contributed by atoms with Gasteiger partial charge in [0.15, 0.2) is 0 Å². The molecular formula is C12H20O10. The van der Waals surface area contributed by atoms with Crippen molar-refractivity contribution in [3.8, 4) is 0 Å². The summed E-state index contributed by atoms with van der Waals surface area (Å²) in [5, 5.41) is 58.0. The molecule has 0 unspecified atom stereocenters. The van der Waals surface area contributed by atoms with E-state index in [9.17, 15) is 25.5 Å². The van der Waals surface area contributed by atoms with Gasteiger partial charge in [-0.1, -0.05) is 0 Å². The first kappa shape index (κ1) is 16.5. The highest BCUT2D eigenvalue weighted by Crippen LogP contribution is 2.45. The molecule has 128 valence electrons. The molecule has 3 aliphatic rings. The third kappa shape index (κ3) is 2.12. The molecule has 6 N–H and O–H groups in total. The Kier molecular flexibility index (Phi) is 4.19. The molecule has 0 aliphatic carbocycles. The van der Waals surface area contributed by atoms with E-state index in [1.54, 1.807) is 0 Å². The lowest BCUT2D eigenvalue weighted by Crippen LogP contribution is -2.65. The first-order valence-corrected chi connectivity index (χ1v) is 6.97. The van der Waals surface area contributed by atoms with E-state index in [1.165, 1.54) is 0 Å². The van der Waals surface area contributed by atoms with Crippen molar-refractivity contribution in [1.82, 2.24) is 0 Å². The number of rotatable bonds is 3. The maximum absolute atomic E-state index is 10.1. The molecule has 0 aromatic carbocycles. The van der Waals surface area contributed by atoms with Gasteiger partial charge in [0.1, 0.15) is 49.8 Å². The van der Waals surface area contributed by atoms with Gasteiger partial charge in [-0.2, -0.15) is 0 Å². The quantitative estimate of drug-likeness (QED) is 0.299. The molecule has 10 nitrogen and oxygen atoms in total. The second-order valence-corrected chi connectivity index (χ2v) is 5.71. The van der Waals surface area contributed by atoms with Crippen LogP contribution in [0.25, 0.3) is 0 Å². The highest BCUT2D eigenvalue weighted by Gasteiger charge is 2.67. The highest BCUT2D eigenvalue weighted by molar-refractivity contribution is 5.06. The maximum Gasteiger partial charge on any atom is 0.222 e. The van der Waals surface area contributed by atoms with Crippen molar-refractivity contribution in [3.63, 3.8) is 0 Å². The molecule has 0 aromatic rings. The van der Waals surface area contributed by atoms with Crippen molar-refractivity contribution < 1.29 is 49.6 Å². The zero-order valence-corrected chi connectivity index (χ0v) is 11.6. The van der Waals surface area contributed by atoms with Gasteiger partial charge in [0, 0.05) is 0 Å². The van der Waals surface area contributed by atoms with E-state index < -0.39 is 74.6 Å². The van der Waals surface area contributed by atoms with Crippen molar-refractivity contribution in [3.05, 3.63) is 0 Å². The summed E-state index contributed by atoms with van der Waals surface area (Å²) in [4.78, 5) is 0. The predicted molar refractivity (Wildman–Crippen MR) is 65.3 cm³/mol. The van der Waals surface area contributed by atoms with E-state index in [-0.39, 0.29) is 0 Å². The number of hydrogen-bond donors (Lipinski definition) is 6. The van der Waals surface area contributed by atoms with Crippen molar-refractivity contribution >= 4 is 0 Å². The summed E-state index contributed by atoms with van der Waals surface area (Å²) < 4.78 is 21.7. The lowest BCUT2D eigenvalue weighted by atomic mass is 9.99. The summed E-state index contributed by atoms with van der Waals surface area (Å²) in [5.74, 6) is -3.49. The van der Waals surface area contributed by atoms with Gasteiger partial charge in [-0.3, -0.25) is 0 Å². The van der Waals surface area contributed by atoms with Crippen LogP contribution < -0.4 is 0 Å². The molecule has 0 radical (unpaired) electrons. The average Bonchev–Trinajstić information content (AvgIpc) is 2.95. The summed E-state index contributed by atoms with van der Waals surface area (Å²) in [6, 6.07) is 0. The van der Waals surface area contributed by atoms with Gasteiger partial charge < -0.3 is 49.6 Å². The Labute approximate surface area is 125 Å². The number of hydrogen-bond acceptors (Lipinski definition) is 10. The van der Waals surface area contributed by atoms with Crippen molar-refractivity contribution in [2.24, 2.45) is 0 Å². The molecule has 10 heteroatoms. The SMILES string of the molecule is OC[C@H]1O[C@]2(CO[C@@]3(CO)O[C@H](CO)[C@@H](O)[C@@H]3O2)[C@@H](O)[C@@H]1O. The van der Waals surface area contributed by atoms with Crippen LogP contribution in [0.3, 0.4) is 0 Å². The summed E-state index contributed by atoms with van der Waals surface area (Å²) >= 11 is 0. The van der Waals surface area contributed by atoms with Crippen LogP contribution in [0.4, 0.5) is 0 Å². The fourth-order valence-corrected chi connectivity index (χ4v) is 3.13. The molecule has 3 heterocycles. The zero-order chi connectivity index (χ0) is 16.1. The zero-order valence-electron chi connectivity index (χ0n) is 11.6. The van der Waals surface area contributed by atoms with E-state index in [4.69, 9.17) is 24.1 Å². The van der Waals surface area contributed by atoms with Crippen LogP contribution in [0.2, 0.25) is 0 Å². The molecule has 0 aromatic heterocycles. The lowest BCUT2D eigenvalue weighted by molar-refractivity contribution is -0.411. The maximum atomic E-state index is 10.1. The first-order valence-electron chi connectivity index (χ1n) is 6.97. The van der Waals surface area contributed by atoms with E-state index in [0.29, 0.717) is 0 Å². The third-order valence-electron chi connectivity index (χ3n) is 4.41. The molecule has 0 bridgehead atoms. The van der Waals surface area contributed by atoms with E-state index in [2.05, 4.69) is 0 Å². The second kappa shape index (κ2) is 5.60. The van der Waals surface area contributed by atoms with Gasteiger partial charge in [-0.15, -0.1) is 0 Å². The van der Waals surface area contributed by atoms with Gasteiger partial charge >= 0.3 is 0 Å². The Morgan fingerprint density at radius 3 is 2.05 bits per heavy atom.